The summed E-state index contributed by atoms with van der Waals surface area (Å²) in [6.07, 6.45) is 1.34. The first-order valence-corrected chi connectivity index (χ1v) is 13.3. The van der Waals surface area contributed by atoms with Crippen LogP contribution in [0.1, 0.15) is 68.9 Å². The zero-order valence-corrected chi connectivity index (χ0v) is 23.0. The number of amides is 3. The van der Waals surface area contributed by atoms with Crippen molar-refractivity contribution < 1.29 is 23.9 Å². The maximum Gasteiger partial charge on any atom is 0.257 e. The van der Waals surface area contributed by atoms with Gasteiger partial charge >= 0.3 is 0 Å². The number of benzene rings is 2. The van der Waals surface area contributed by atoms with Gasteiger partial charge in [-0.2, -0.15) is 0 Å². The fourth-order valence-corrected chi connectivity index (χ4v) is 5.27. The number of carbonyl (C=O) groups excluding carboxylic acids is 3. The molecule has 2 aliphatic rings. The molecule has 0 saturated carbocycles. The van der Waals surface area contributed by atoms with Gasteiger partial charge in [0.1, 0.15) is 17.5 Å². The van der Waals surface area contributed by atoms with Gasteiger partial charge in [0.25, 0.3) is 5.91 Å². The normalized spacial score (nSPS) is 19.8. The van der Waals surface area contributed by atoms with Crippen molar-refractivity contribution in [1.82, 2.24) is 15.1 Å². The van der Waals surface area contributed by atoms with Gasteiger partial charge in [-0.1, -0.05) is 57.2 Å². The highest BCUT2D eigenvalue weighted by Gasteiger charge is 2.54. The van der Waals surface area contributed by atoms with E-state index in [2.05, 4.69) is 5.32 Å². The number of hydrogen-bond acceptors (Lipinski definition) is 5. The Kier molecular flexibility index (Phi) is 8.11. The van der Waals surface area contributed by atoms with Crippen molar-refractivity contribution in [2.75, 3.05) is 26.8 Å². The van der Waals surface area contributed by atoms with E-state index in [0.717, 1.165) is 5.56 Å². The lowest BCUT2D eigenvalue weighted by molar-refractivity contribution is -0.145. The number of piperidine rings is 1. The standard InChI is InChI=1S/C30H39N3O5/c1-21(22-10-7-6-8-11-22)31-27(35)25-20-38-30(14-16-32(17-15-30)26(34)19-29(2,3)4)33(25)28(36)23-12-9-13-24(18-23)37-5/h6-13,18,21,25H,14-17,19-20H2,1-5H3,(H,31,35). The molecule has 2 saturated heterocycles. The number of ether oxygens (including phenoxy) is 2. The summed E-state index contributed by atoms with van der Waals surface area (Å²) in [5, 5.41) is 3.07. The molecule has 204 valence electrons. The molecule has 2 unspecified atom stereocenters. The minimum Gasteiger partial charge on any atom is -0.497 e. The molecule has 3 amide bonds. The fourth-order valence-electron chi connectivity index (χ4n) is 5.27. The number of methoxy groups -OCH3 is 1. The number of rotatable bonds is 6. The molecular weight excluding hydrogens is 482 g/mol. The van der Waals surface area contributed by atoms with Gasteiger partial charge in [0, 0.05) is 37.9 Å². The van der Waals surface area contributed by atoms with E-state index in [1.807, 2.05) is 62.9 Å². The van der Waals surface area contributed by atoms with Crippen LogP contribution >= 0.6 is 0 Å². The molecule has 1 spiro atoms. The van der Waals surface area contributed by atoms with Crippen LogP contribution in [0.2, 0.25) is 0 Å². The van der Waals surface area contributed by atoms with Crippen LogP contribution in [-0.4, -0.2) is 66.1 Å². The Bertz CT molecular complexity index is 1150. The molecule has 2 fully saturated rings. The Morgan fingerprint density at radius 2 is 1.76 bits per heavy atom. The highest BCUT2D eigenvalue weighted by Crippen LogP contribution is 2.39. The first-order valence-electron chi connectivity index (χ1n) is 13.3. The summed E-state index contributed by atoms with van der Waals surface area (Å²) >= 11 is 0. The maximum absolute atomic E-state index is 14.0. The Labute approximate surface area is 225 Å². The first-order chi connectivity index (χ1) is 18.0. The van der Waals surface area contributed by atoms with Crippen LogP contribution in [0, 0.1) is 5.41 Å². The highest BCUT2D eigenvalue weighted by atomic mass is 16.5. The van der Waals surface area contributed by atoms with E-state index in [0.29, 0.717) is 43.7 Å². The molecule has 2 aromatic rings. The maximum atomic E-state index is 14.0. The smallest absolute Gasteiger partial charge is 0.257 e. The van der Waals surface area contributed by atoms with Crippen LogP contribution in [0.5, 0.6) is 5.75 Å². The molecule has 2 aromatic carbocycles. The Balaban J connectivity index is 1.58. The van der Waals surface area contributed by atoms with Crippen LogP contribution in [-0.2, 0) is 14.3 Å². The number of carbonyl (C=O) groups is 3. The van der Waals surface area contributed by atoms with E-state index in [1.165, 1.54) is 0 Å². The van der Waals surface area contributed by atoms with Gasteiger partial charge in [-0.25, -0.2) is 0 Å². The van der Waals surface area contributed by atoms with Gasteiger partial charge in [-0.3, -0.25) is 19.3 Å². The molecule has 0 bridgehead atoms. The quantitative estimate of drug-likeness (QED) is 0.617. The fraction of sp³-hybridized carbons (Fsp3) is 0.500. The Morgan fingerprint density at radius 1 is 1.08 bits per heavy atom. The molecule has 2 atom stereocenters. The largest absolute Gasteiger partial charge is 0.497 e. The van der Waals surface area contributed by atoms with Crippen LogP contribution in [0.15, 0.2) is 54.6 Å². The third-order valence-electron chi connectivity index (χ3n) is 7.34. The lowest BCUT2D eigenvalue weighted by atomic mass is 9.90. The van der Waals surface area contributed by atoms with E-state index in [9.17, 15) is 14.4 Å². The lowest BCUT2D eigenvalue weighted by Crippen LogP contribution is -2.60. The molecule has 2 aliphatic heterocycles. The second kappa shape index (κ2) is 11.2. The second-order valence-corrected chi connectivity index (χ2v) is 11.4. The average Bonchev–Trinajstić information content (AvgIpc) is 3.26. The molecule has 38 heavy (non-hydrogen) atoms. The van der Waals surface area contributed by atoms with Gasteiger partial charge in [0.05, 0.1) is 19.8 Å². The topological polar surface area (TPSA) is 88.2 Å². The molecule has 2 heterocycles. The zero-order valence-electron chi connectivity index (χ0n) is 23.0. The van der Waals surface area contributed by atoms with Crippen molar-refractivity contribution >= 4 is 17.7 Å². The lowest BCUT2D eigenvalue weighted by Gasteiger charge is -2.45. The van der Waals surface area contributed by atoms with Gasteiger partial charge < -0.3 is 19.7 Å². The van der Waals surface area contributed by atoms with Crippen molar-refractivity contribution in [3.8, 4) is 5.75 Å². The predicted octanol–water partition coefficient (Wildman–Crippen LogP) is 4.17. The SMILES string of the molecule is COc1cccc(C(=O)N2C(C(=O)NC(C)c3ccccc3)COC23CCN(C(=O)CC(C)(C)C)CC3)c1. The number of nitrogens with one attached hydrogen (secondary N) is 1. The Hall–Kier alpha value is -3.39. The van der Waals surface area contributed by atoms with E-state index >= 15 is 0 Å². The highest BCUT2D eigenvalue weighted by molar-refractivity contribution is 5.99. The average molecular weight is 522 g/mol. The second-order valence-electron chi connectivity index (χ2n) is 11.4. The van der Waals surface area contributed by atoms with E-state index in [4.69, 9.17) is 9.47 Å². The van der Waals surface area contributed by atoms with Gasteiger partial charge in [0.2, 0.25) is 11.8 Å². The first kappa shape index (κ1) is 27.6. The van der Waals surface area contributed by atoms with Gasteiger partial charge in [-0.15, -0.1) is 0 Å². The predicted molar refractivity (Wildman–Crippen MR) is 145 cm³/mol. The van der Waals surface area contributed by atoms with Crippen LogP contribution in [0.4, 0.5) is 0 Å². The number of likely N-dealkylation sites (tertiary alicyclic amines) is 1. The van der Waals surface area contributed by atoms with Crippen molar-refractivity contribution in [3.05, 3.63) is 65.7 Å². The third kappa shape index (κ3) is 6.01. The van der Waals surface area contributed by atoms with Crippen molar-refractivity contribution in [2.45, 2.75) is 64.8 Å². The molecule has 0 aromatic heterocycles. The summed E-state index contributed by atoms with van der Waals surface area (Å²) in [6.45, 7) is 9.09. The summed E-state index contributed by atoms with van der Waals surface area (Å²) in [5.74, 6) is 0.109. The van der Waals surface area contributed by atoms with Crippen molar-refractivity contribution in [1.29, 1.82) is 0 Å². The summed E-state index contributed by atoms with van der Waals surface area (Å²) < 4.78 is 11.7. The molecule has 8 heteroatoms. The van der Waals surface area contributed by atoms with Crippen LogP contribution < -0.4 is 10.1 Å². The Morgan fingerprint density at radius 3 is 2.39 bits per heavy atom. The number of nitrogens with zero attached hydrogens (tertiary/aromatic N) is 2. The molecule has 4 rings (SSSR count). The molecular formula is C30H39N3O5. The molecule has 0 aliphatic carbocycles. The third-order valence-corrected chi connectivity index (χ3v) is 7.34. The summed E-state index contributed by atoms with van der Waals surface area (Å²) in [7, 11) is 1.55. The van der Waals surface area contributed by atoms with E-state index in [1.54, 1.807) is 36.3 Å². The minimum atomic E-state index is -0.962. The van der Waals surface area contributed by atoms with Crippen molar-refractivity contribution in [3.63, 3.8) is 0 Å². The zero-order chi connectivity index (χ0) is 27.5. The van der Waals surface area contributed by atoms with Gasteiger partial charge in [0.15, 0.2) is 0 Å². The van der Waals surface area contributed by atoms with Crippen molar-refractivity contribution in [2.24, 2.45) is 5.41 Å². The summed E-state index contributed by atoms with van der Waals surface area (Å²) in [6, 6.07) is 15.6. The molecule has 8 nitrogen and oxygen atoms in total. The molecule has 0 radical (unpaired) electrons. The van der Waals surface area contributed by atoms with Gasteiger partial charge in [-0.05, 0) is 36.1 Å². The van der Waals surface area contributed by atoms with Crippen LogP contribution in [0.25, 0.3) is 0 Å². The summed E-state index contributed by atoms with van der Waals surface area (Å²) in [5.41, 5.74) is 0.333. The minimum absolute atomic E-state index is 0.0962. The van der Waals surface area contributed by atoms with E-state index < -0.39 is 11.8 Å². The monoisotopic (exact) mass is 521 g/mol. The number of hydrogen-bond donors (Lipinski definition) is 1. The molecule has 1 N–H and O–H groups in total. The van der Waals surface area contributed by atoms with Crippen LogP contribution in [0.3, 0.4) is 0 Å². The summed E-state index contributed by atoms with van der Waals surface area (Å²) in [4.78, 5) is 43.9. The van der Waals surface area contributed by atoms with E-state index in [-0.39, 0.29) is 35.8 Å².